The number of aryl methyl sites for hydroxylation is 1. The van der Waals surface area contributed by atoms with E-state index in [-0.39, 0.29) is 5.41 Å². The van der Waals surface area contributed by atoms with Gasteiger partial charge in [0.1, 0.15) is 6.29 Å². The molecule has 0 fully saturated rings. The first-order valence-electron chi connectivity index (χ1n) is 6.91. The number of rotatable bonds is 2. The van der Waals surface area contributed by atoms with E-state index in [4.69, 9.17) is 0 Å². The number of fused-ring (bicyclic) bond motifs is 1. The van der Waals surface area contributed by atoms with Crippen LogP contribution in [0.15, 0.2) is 12.1 Å². The Balaban J connectivity index is 2.68. The second-order valence-corrected chi connectivity index (χ2v) is 6.69. The van der Waals surface area contributed by atoms with Crippen LogP contribution in [0.3, 0.4) is 0 Å². The minimum Gasteiger partial charge on any atom is -0.298 e. The molecule has 1 heteroatoms. The Labute approximate surface area is 111 Å². The highest BCUT2D eigenvalue weighted by Crippen LogP contribution is 2.53. The van der Waals surface area contributed by atoms with Crippen LogP contribution in [-0.2, 0) is 5.41 Å². The van der Waals surface area contributed by atoms with Crippen molar-refractivity contribution in [3.05, 3.63) is 34.4 Å². The van der Waals surface area contributed by atoms with Gasteiger partial charge in [-0.15, -0.1) is 0 Å². The maximum absolute atomic E-state index is 11.1. The molecule has 0 saturated heterocycles. The summed E-state index contributed by atoms with van der Waals surface area (Å²) < 4.78 is 0. The van der Waals surface area contributed by atoms with Crippen molar-refractivity contribution in [2.24, 2.45) is 11.8 Å². The first-order valence-corrected chi connectivity index (χ1v) is 6.91. The molecule has 1 aliphatic rings. The fourth-order valence-corrected chi connectivity index (χ4v) is 3.61. The molecule has 0 aromatic heterocycles. The third-order valence-corrected chi connectivity index (χ3v) is 5.01. The van der Waals surface area contributed by atoms with E-state index >= 15 is 0 Å². The Morgan fingerprint density at radius 2 is 1.89 bits per heavy atom. The zero-order valence-corrected chi connectivity index (χ0v) is 12.4. The molecule has 0 radical (unpaired) electrons. The maximum atomic E-state index is 11.1. The van der Waals surface area contributed by atoms with E-state index in [1.807, 2.05) is 6.92 Å². The summed E-state index contributed by atoms with van der Waals surface area (Å²) in [5.41, 5.74) is 4.96. The summed E-state index contributed by atoms with van der Waals surface area (Å²) in [7, 11) is 0. The number of hydrogen-bond acceptors (Lipinski definition) is 1. The number of benzene rings is 1. The number of aldehydes is 1. The lowest BCUT2D eigenvalue weighted by Gasteiger charge is -2.30. The largest absolute Gasteiger partial charge is 0.298 e. The maximum Gasteiger partial charge on any atom is 0.150 e. The van der Waals surface area contributed by atoms with Gasteiger partial charge in [-0.1, -0.05) is 40.7 Å². The van der Waals surface area contributed by atoms with Crippen LogP contribution >= 0.6 is 0 Å². The third kappa shape index (κ3) is 1.72. The Kier molecular flexibility index (Phi) is 3.12. The van der Waals surface area contributed by atoms with Crippen molar-refractivity contribution >= 4 is 6.29 Å². The number of carbonyl (C=O) groups is 1. The zero-order chi connectivity index (χ0) is 13.7. The van der Waals surface area contributed by atoms with Crippen LogP contribution in [0.4, 0.5) is 0 Å². The van der Waals surface area contributed by atoms with Gasteiger partial charge in [0.25, 0.3) is 0 Å². The minimum atomic E-state index is 0.162. The van der Waals surface area contributed by atoms with Crippen LogP contribution in [0.1, 0.15) is 67.6 Å². The molecule has 18 heavy (non-hydrogen) atoms. The molecule has 98 valence electrons. The van der Waals surface area contributed by atoms with E-state index < -0.39 is 0 Å². The lowest BCUT2D eigenvalue weighted by Crippen LogP contribution is -2.25. The SMILES string of the molecule is Cc1cc2c(cc1C=O)C(C)(C)C(C)C2C(C)C. The van der Waals surface area contributed by atoms with Crippen molar-refractivity contribution in [1.82, 2.24) is 0 Å². The van der Waals surface area contributed by atoms with Crippen LogP contribution in [0, 0.1) is 18.8 Å². The molecule has 0 saturated carbocycles. The Bertz CT molecular complexity index is 483. The highest BCUT2D eigenvalue weighted by atomic mass is 16.1. The summed E-state index contributed by atoms with van der Waals surface area (Å²) in [5, 5.41) is 0. The molecular formula is C17H24O. The quantitative estimate of drug-likeness (QED) is 0.701. The van der Waals surface area contributed by atoms with Gasteiger partial charge in [-0.3, -0.25) is 4.79 Å². The second-order valence-electron chi connectivity index (χ2n) is 6.69. The van der Waals surface area contributed by atoms with Gasteiger partial charge in [-0.25, -0.2) is 0 Å². The van der Waals surface area contributed by atoms with E-state index in [9.17, 15) is 4.79 Å². The minimum absolute atomic E-state index is 0.162. The van der Waals surface area contributed by atoms with Crippen LogP contribution < -0.4 is 0 Å². The van der Waals surface area contributed by atoms with Gasteiger partial charge in [-0.2, -0.15) is 0 Å². The predicted octanol–water partition coefficient (Wildman–Crippen LogP) is 4.47. The molecule has 1 aromatic carbocycles. The molecule has 0 N–H and O–H groups in total. The summed E-state index contributed by atoms with van der Waals surface area (Å²) in [6, 6.07) is 4.37. The van der Waals surface area contributed by atoms with Gasteiger partial charge in [0, 0.05) is 5.56 Å². The summed E-state index contributed by atoms with van der Waals surface area (Å²) in [5.74, 6) is 1.87. The van der Waals surface area contributed by atoms with E-state index in [0.717, 1.165) is 17.4 Å². The molecule has 0 amide bonds. The lowest BCUT2D eigenvalue weighted by molar-refractivity contribution is 0.112. The topological polar surface area (TPSA) is 17.1 Å². The standard InChI is InChI=1S/C17H24O/c1-10(2)16-12(4)17(5,6)15-8-13(9-18)11(3)7-14(15)16/h7-10,12,16H,1-6H3. The van der Waals surface area contributed by atoms with Crippen LogP contribution in [0.5, 0.6) is 0 Å². The molecule has 2 unspecified atom stereocenters. The summed E-state index contributed by atoms with van der Waals surface area (Å²) >= 11 is 0. The molecule has 0 bridgehead atoms. The Hall–Kier alpha value is -1.11. The molecule has 1 aromatic rings. The fourth-order valence-electron chi connectivity index (χ4n) is 3.61. The smallest absolute Gasteiger partial charge is 0.150 e. The Morgan fingerprint density at radius 1 is 1.28 bits per heavy atom. The summed E-state index contributed by atoms with van der Waals surface area (Å²) in [4.78, 5) is 11.1. The molecule has 1 aliphatic carbocycles. The van der Waals surface area contributed by atoms with Crippen LogP contribution in [-0.4, -0.2) is 6.29 Å². The van der Waals surface area contributed by atoms with Crippen molar-refractivity contribution in [1.29, 1.82) is 0 Å². The summed E-state index contributed by atoms with van der Waals surface area (Å²) in [6.45, 7) is 13.6. The average Bonchev–Trinajstić information content (AvgIpc) is 2.46. The van der Waals surface area contributed by atoms with Crippen molar-refractivity contribution in [2.45, 2.75) is 52.9 Å². The fraction of sp³-hybridized carbons (Fsp3) is 0.588. The monoisotopic (exact) mass is 244 g/mol. The molecule has 0 aliphatic heterocycles. The third-order valence-electron chi connectivity index (χ3n) is 5.01. The van der Waals surface area contributed by atoms with Crippen molar-refractivity contribution < 1.29 is 4.79 Å². The molecule has 0 heterocycles. The zero-order valence-electron chi connectivity index (χ0n) is 12.4. The van der Waals surface area contributed by atoms with E-state index in [2.05, 4.69) is 46.8 Å². The first kappa shape index (κ1) is 13.3. The van der Waals surface area contributed by atoms with E-state index in [0.29, 0.717) is 17.8 Å². The molecule has 2 rings (SSSR count). The van der Waals surface area contributed by atoms with Gasteiger partial charge in [0.2, 0.25) is 0 Å². The van der Waals surface area contributed by atoms with E-state index in [1.54, 1.807) is 0 Å². The number of carbonyl (C=O) groups excluding carboxylic acids is 1. The van der Waals surface area contributed by atoms with Gasteiger partial charge in [0.15, 0.2) is 0 Å². The Morgan fingerprint density at radius 3 is 2.39 bits per heavy atom. The lowest BCUT2D eigenvalue weighted by atomic mass is 9.74. The average molecular weight is 244 g/mol. The molecule has 0 spiro atoms. The summed E-state index contributed by atoms with van der Waals surface area (Å²) in [6.07, 6.45) is 0.985. The van der Waals surface area contributed by atoms with Gasteiger partial charge >= 0.3 is 0 Å². The van der Waals surface area contributed by atoms with Crippen LogP contribution in [0.25, 0.3) is 0 Å². The van der Waals surface area contributed by atoms with E-state index in [1.165, 1.54) is 11.1 Å². The van der Waals surface area contributed by atoms with Gasteiger partial charge < -0.3 is 0 Å². The molecular weight excluding hydrogens is 220 g/mol. The van der Waals surface area contributed by atoms with Gasteiger partial charge in [-0.05, 0) is 52.8 Å². The van der Waals surface area contributed by atoms with Crippen molar-refractivity contribution in [3.63, 3.8) is 0 Å². The van der Waals surface area contributed by atoms with Crippen molar-refractivity contribution in [3.8, 4) is 0 Å². The predicted molar refractivity (Wildman–Crippen MR) is 76.3 cm³/mol. The van der Waals surface area contributed by atoms with Crippen LogP contribution in [0.2, 0.25) is 0 Å². The molecule has 2 atom stereocenters. The first-order chi connectivity index (χ1) is 8.30. The highest BCUT2D eigenvalue weighted by Gasteiger charge is 2.44. The van der Waals surface area contributed by atoms with Gasteiger partial charge in [0.05, 0.1) is 0 Å². The second kappa shape index (κ2) is 4.22. The number of hydrogen-bond donors (Lipinski definition) is 0. The van der Waals surface area contributed by atoms with Crippen molar-refractivity contribution in [2.75, 3.05) is 0 Å². The normalized spacial score (nSPS) is 25.3. The highest BCUT2D eigenvalue weighted by molar-refractivity contribution is 5.78. The molecule has 1 nitrogen and oxygen atoms in total.